The van der Waals surface area contributed by atoms with Crippen LogP contribution < -0.4 is 10.2 Å². The van der Waals surface area contributed by atoms with Crippen molar-refractivity contribution in [2.45, 2.75) is 13.2 Å². The van der Waals surface area contributed by atoms with Gasteiger partial charge in [0.1, 0.15) is 18.7 Å². The van der Waals surface area contributed by atoms with Crippen LogP contribution in [0.5, 0.6) is 5.75 Å². The molecule has 1 heterocycles. The third kappa shape index (κ3) is 3.73. The van der Waals surface area contributed by atoms with Gasteiger partial charge in [-0.15, -0.1) is 0 Å². The predicted octanol–water partition coefficient (Wildman–Crippen LogP) is 3.26. The van der Waals surface area contributed by atoms with Crippen LogP contribution in [0, 0.1) is 4.77 Å². The fourth-order valence-corrected chi connectivity index (χ4v) is 2.15. The highest BCUT2D eigenvalue weighted by atomic mass is 32.1. The summed E-state index contributed by atoms with van der Waals surface area (Å²) >= 11 is 5.06. The SMILES string of the molecule is S=c1[nH]ncn1NCc1ccc(OCc2ccccc2)cc1. The molecule has 0 saturated carbocycles. The van der Waals surface area contributed by atoms with Crippen LogP contribution in [0.1, 0.15) is 11.1 Å². The smallest absolute Gasteiger partial charge is 0.214 e. The van der Waals surface area contributed by atoms with E-state index in [1.54, 1.807) is 11.0 Å². The molecule has 0 amide bonds. The van der Waals surface area contributed by atoms with E-state index in [-0.39, 0.29) is 0 Å². The van der Waals surface area contributed by atoms with Crippen molar-refractivity contribution in [3.63, 3.8) is 0 Å². The highest BCUT2D eigenvalue weighted by molar-refractivity contribution is 7.71. The lowest BCUT2D eigenvalue weighted by atomic mass is 10.2. The fraction of sp³-hybridized carbons (Fsp3) is 0.125. The molecule has 6 heteroatoms. The molecule has 3 aromatic rings. The van der Waals surface area contributed by atoms with Gasteiger partial charge in [-0.2, -0.15) is 5.10 Å². The van der Waals surface area contributed by atoms with Gasteiger partial charge in [-0.25, -0.2) is 4.68 Å². The summed E-state index contributed by atoms with van der Waals surface area (Å²) < 4.78 is 7.98. The number of benzene rings is 2. The summed E-state index contributed by atoms with van der Waals surface area (Å²) in [5, 5.41) is 6.54. The Bertz CT molecular complexity index is 765. The molecule has 5 nitrogen and oxygen atoms in total. The molecule has 0 radical (unpaired) electrons. The molecule has 0 atom stereocenters. The first-order chi connectivity index (χ1) is 10.8. The second-order valence-electron chi connectivity index (χ2n) is 4.78. The standard InChI is InChI=1S/C16H16N4OS/c22-16-19-17-12-20(16)18-10-13-6-8-15(9-7-13)21-11-14-4-2-1-3-5-14/h1-9,12,18H,10-11H2,(H,19,22). The summed E-state index contributed by atoms with van der Waals surface area (Å²) in [5.74, 6) is 0.854. The van der Waals surface area contributed by atoms with E-state index in [0.717, 1.165) is 16.9 Å². The zero-order chi connectivity index (χ0) is 15.2. The minimum atomic E-state index is 0.544. The summed E-state index contributed by atoms with van der Waals surface area (Å²) in [5.41, 5.74) is 5.45. The molecule has 0 unspecified atom stereocenters. The topological polar surface area (TPSA) is 54.9 Å². The Morgan fingerprint density at radius 2 is 1.82 bits per heavy atom. The zero-order valence-electron chi connectivity index (χ0n) is 11.9. The van der Waals surface area contributed by atoms with E-state index in [1.807, 2.05) is 54.6 Å². The largest absolute Gasteiger partial charge is 0.489 e. The van der Waals surface area contributed by atoms with Crippen molar-refractivity contribution in [2.24, 2.45) is 0 Å². The molecule has 0 aliphatic heterocycles. The summed E-state index contributed by atoms with van der Waals surface area (Å²) in [7, 11) is 0. The maximum atomic E-state index is 5.76. The van der Waals surface area contributed by atoms with Gasteiger partial charge in [0.15, 0.2) is 0 Å². The van der Waals surface area contributed by atoms with E-state index in [2.05, 4.69) is 15.6 Å². The Labute approximate surface area is 133 Å². The number of aromatic nitrogens is 3. The van der Waals surface area contributed by atoms with E-state index >= 15 is 0 Å². The van der Waals surface area contributed by atoms with Crippen molar-refractivity contribution < 1.29 is 4.74 Å². The lowest BCUT2D eigenvalue weighted by molar-refractivity contribution is 0.306. The summed E-state index contributed by atoms with van der Waals surface area (Å²) in [6.45, 7) is 1.23. The van der Waals surface area contributed by atoms with Gasteiger partial charge in [0.05, 0.1) is 6.54 Å². The van der Waals surface area contributed by atoms with E-state index in [1.165, 1.54) is 0 Å². The Morgan fingerprint density at radius 1 is 1.05 bits per heavy atom. The van der Waals surface area contributed by atoms with Crippen LogP contribution in [-0.2, 0) is 13.2 Å². The van der Waals surface area contributed by atoms with Crippen molar-refractivity contribution in [3.05, 3.63) is 76.8 Å². The molecule has 0 aliphatic carbocycles. The molecule has 0 aliphatic rings. The van der Waals surface area contributed by atoms with Crippen molar-refractivity contribution in [1.29, 1.82) is 0 Å². The lowest BCUT2D eigenvalue weighted by Crippen LogP contribution is -2.13. The van der Waals surface area contributed by atoms with Gasteiger partial charge >= 0.3 is 0 Å². The van der Waals surface area contributed by atoms with Crippen LogP contribution in [0.2, 0.25) is 0 Å². The molecule has 2 aromatic carbocycles. The van der Waals surface area contributed by atoms with Gasteiger partial charge in [0.2, 0.25) is 4.77 Å². The highest BCUT2D eigenvalue weighted by Gasteiger charge is 1.98. The molecule has 0 fully saturated rings. The fourth-order valence-electron chi connectivity index (χ4n) is 1.98. The van der Waals surface area contributed by atoms with Crippen LogP contribution in [-0.4, -0.2) is 14.9 Å². The minimum absolute atomic E-state index is 0.544. The van der Waals surface area contributed by atoms with Crippen molar-refractivity contribution >= 4 is 12.2 Å². The Balaban J connectivity index is 1.54. The Kier molecular flexibility index (Phi) is 4.50. The van der Waals surface area contributed by atoms with E-state index in [0.29, 0.717) is 17.9 Å². The molecular formula is C16H16N4OS. The highest BCUT2D eigenvalue weighted by Crippen LogP contribution is 2.14. The molecule has 1 aromatic heterocycles. The van der Waals surface area contributed by atoms with Crippen LogP contribution >= 0.6 is 12.2 Å². The Hall–Kier alpha value is -2.60. The second-order valence-corrected chi connectivity index (χ2v) is 5.17. The number of nitrogens with one attached hydrogen (secondary N) is 2. The number of hydrogen-bond acceptors (Lipinski definition) is 4. The molecule has 112 valence electrons. The van der Waals surface area contributed by atoms with Gasteiger partial charge in [0, 0.05) is 0 Å². The number of nitrogens with zero attached hydrogens (tertiary/aromatic N) is 2. The molecule has 0 spiro atoms. The molecule has 0 bridgehead atoms. The zero-order valence-corrected chi connectivity index (χ0v) is 12.7. The van der Waals surface area contributed by atoms with Crippen LogP contribution in [0.3, 0.4) is 0 Å². The van der Waals surface area contributed by atoms with Crippen LogP contribution in [0.25, 0.3) is 0 Å². The van der Waals surface area contributed by atoms with Crippen molar-refractivity contribution in [1.82, 2.24) is 14.9 Å². The molecule has 0 saturated heterocycles. The average molecular weight is 312 g/mol. The van der Waals surface area contributed by atoms with E-state index in [9.17, 15) is 0 Å². The van der Waals surface area contributed by atoms with Gasteiger partial charge in [-0.05, 0) is 35.5 Å². The lowest BCUT2D eigenvalue weighted by Gasteiger charge is -2.09. The van der Waals surface area contributed by atoms with Gasteiger partial charge in [0.25, 0.3) is 0 Å². The monoisotopic (exact) mass is 312 g/mol. The van der Waals surface area contributed by atoms with E-state index < -0.39 is 0 Å². The maximum Gasteiger partial charge on any atom is 0.214 e. The molecular weight excluding hydrogens is 296 g/mol. The predicted molar refractivity (Wildman–Crippen MR) is 87.7 cm³/mol. The van der Waals surface area contributed by atoms with Crippen molar-refractivity contribution in [3.8, 4) is 5.75 Å². The second kappa shape index (κ2) is 6.91. The van der Waals surface area contributed by atoms with E-state index in [4.69, 9.17) is 17.0 Å². The third-order valence-corrected chi connectivity index (χ3v) is 3.47. The first-order valence-electron chi connectivity index (χ1n) is 6.93. The van der Waals surface area contributed by atoms with Crippen LogP contribution in [0.15, 0.2) is 60.9 Å². The first kappa shape index (κ1) is 14.3. The number of hydrogen-bond donors (Lipinski definition) is 2. The first-order valence-corrected chi connectivity index (χ1v) is 7.34. The van der Waals surface area contributed by atoms with Crippen LogP contribution in [0.4, 0.5) is 0 Å². The number of aromatic amines is 1. The quantitative estimate of drug-likeness (QED) is 0.686. The number of H-pyrrole nitrogens is 1. The normalized spacial score (nSPS) is 10.4. The Morgan fingerprint density at radius 3 is 2.50 bits per heavy atom. The van der Waals surface area contributed by atoms with Gasteiger partial charge < -0.3 is 10.2 Å². The number of ether oxygens (including phenoxy) is 1. The summed E-state index contributed by atoms with van der Waals surface area (Å²) in [4.78, 5) is 0. The third-order valence-electron chi connectivity index (χ3n) is 3.18. The average Bonchev–Trinajstić information content (AvgIpc) is 2.98. The van der Waals surface area contributed by atoms with Crippen molar-refractivity contribution in [2.75, 3.05) is 5.43 Å². The summed E-state index contributed by atoms with van der Waals surface area (Å²) in [6, 6.07) is 18.1. The van der Waals surface area contributed by atoms with Gasteiger partial charge in [-0.3, -0.25) is 5.10 Å². The number of rotatable bonds is 6. The van der Waals surface area contributed by atoms with Gasteiger partial charge in [-0.1, -0.05) is 42.5 Å². The molecule has 3 rings (SSSR count). The minimum Gasteiger partial charge on any atom is -0.489 e. The maximum absolute atomic E-state index is 5.76. The summed E-state index contributed by atoms with van der Waals surface area (Å²) in [6.07, 6.45) is 1.61. The molecule has 22 heavy (non-hydrogen) atoms. The molecule has 2 N–H and O–H groups in total.